The SMILES string of the molecule is COC1=CC2C(=O)N3CCC[C@H]3C=NC2C=C1OCCCOc1cc2c(cc1OC)C(=O)N1CCC[C@H]1C=N2. The van der Waals surface area contributed by atoms with Crippen LogP contribution in [0.2, 0.25) is 0 Å². The van der Waals surface area contributed by atoms with E-state index in [0.717, 1.165) is 38.8 Å². The van der Waals surface area contributed by atoms with E-state index in [2.05, 4.69) is 4.99 Å². The Morgan fingerprint density at radius 1 is 0.872 bits per heavy atom. The second kappa shape index (κ2) is 10.7. The Balaban J connectivity index is 1.08. The van der Waals surface area contributed by atoms with Gasteiger partial charge in [-0.1, -0.05) is 0 Å². The molecule has 2 amide bonds. The van der Waals surface area contributed by atoms with E-state index in [1.807, 2.05) is 34.4 Å². The fraction of sp³-hybridized carbons (Fsp3) is 0.517. The number of ether oxygens (including phenoxy) is 4. The fourth-order valence-electron chi connectivity index (χ4n) is 5.98. The van der Waals surface area contributed by atoms with E-state index in [1.165, 1.54) is 0 Å². The lowest BCUT2D eigenvalue weighted by atomic mass is 9.92. The van der Waals surface area contributed by atoms with Crippen LogP contribution in [0.3, 0.4) is 0 Å². The van der Waals surface area contributed by atoms with Gasteiger partial charge in [0, 0.05) is 38.0 Å². The molecule has 4 heterocycles. The average Bonchev–Trinajstić information content (AvgIpc) is 3.58. The number of amides is 2. The average molecular weight is 535 g/mol. The van der Waals surface area contributed by atoms with Gasteiger partial charge in [-0.2, -0.15) is 0 Å². The topological polar surface area (TPSA) is 102 Å². The van der Waals surface area contributed by atoms with Gasteiger partial charge in [0.2, 0.25) is 5.91 Å². The van der Waals surface area contributed by atoms with E-state index in [-0.39, 0.29) is 35.9 Å². The van der Waals surface area contributed by atoms with Gasteiger partial charge in [0.15, 0.2) is 23.0 Å². The highest BCUT2D eigenvalue weighted by Crippen LogP contribution is 2.38. The lowest BCUT2D eigenvalue weighted by molar-refractivity contribution is -0.133. The summed E-state index contributed by atoms with van der Waals surface area (Å²) >= 11 is 0. The summed E-state index contributed by atoms with van der Waals surface area (Å²) in [6, 6.07) is 3.33. The molecule has 206 valence electrons. The Kier molecular flexibility index (Phi) is 7.01. The molecule has 2 saturated heterocycles. The van der Waals surface area contributed by atoms with Crippen molar-refractivity contribution < 1.29 is 28.5 Å². The van der Waals surface area contributed by atoms with Crippen molar-refractivity contribution in [2.45, 2.75) is 50.2 Å². The molecule has 6 rings (SSSR count). The smallest absolute Gasteiger partial charge is 0.256 e. The molecule has 0 spiro atoms. The summed E-state index contributed by atoms with van der Waals surface area (Å²) in [6.07, 6.45) is 12.0. The molecule has 2 fully saturated rings. The Labute approximate surface area is 228 Å². The maximum atomic E-state index is 13.1. The molecular formula is C29H34N4O6. The van der Waals surface area contributed by atoms with Crippen LogP contribution in [0.15, 0.2) is 45.8 Å². The summed E-state index contributed by atoms with van der Waals surface area (Å²) in [5.41, 5.74) is 1.13. The van der Waals surface area contributed by atoms with E-state index >= 15 is 0 Å². The monoisotopic (exact) mass is 534 g/mol. The van der Waals surface area contributed by atoms with Crippen molar-refractivity contribution in [1.29, 1.82) is 0 Å². The number of carbonyl (C=O) groups is 2. The van der Waals surface area contributed by atoms with Gasteiger partial charge in [0.25, 0.3) is 5.91 Å². The number of benzene rings is 1. The largest absolute Gasteiger partial charge is 0.493 e. The molecule has 4 atom stereocenters. The summed E-state index contributed by atoms with van der Waals surface area (Å²) < 4.78 is 23.2. The first-order valence-electron chi connectivity index (χ1n) is 13.7. The normalized spacial score (nSPS) is 27.0. The van der Waals surface area contributed by atoms with Crippen LogP contribution in [0.5, 0.6) is 11.5 Å². The third kappa shape index (κ3) is 4.77. The predicted octanol–water partition coefficient (Wildman–Crippen LogP) is 3.29. The molecule has 1 aromatic rings. The zero-order chi connectivity index (χ0) is 26.9. The quantitative estimate of drug-likeness (QED) is 0.475. The molecular weight excluding hydrogens is 500 g/mol. The molecule has 0 N–H and O–H groups in total. The Hall–Kier alpha value is -3.82. The molecule has 0 bridgehead atoms. The van der Waals surface area contributed by atoms with Crippen molar-refractivity contribution in [3.05, 3.63) is 41.4 Å². The predicted molar refractivity (Wildman–Crippen MR) is 145 cm³/mol. The van der Waals surface area contributed by atoms with Crippen LogP contribution in [0.25, 0.3) is 0 Å². The third-order valence-electron chi connectivity index (χ3n) is 8.04. The van der Waals surface area contributed by atoms with E-state index < -0.39 is 0 Å². The number of nitrogens with zero attached hydrogens (tertiary/aromatic N) is 4. The number of hydrogen-bond donors (Lipinski definition) is 0. The van der Waals surface area contributed by atoms with Crippen molar-refractivity contribution in [1.82, 2.24) is 9.80 Å². The molecule has 10 heteroatoms. The zero-order valence-corrected chi connectivity index (χ0v) is 22.4. The molecule has 10 nitrogen and oxygen atoms in total. The maximum Gasteiger partial charge on any atom is 0.256 e. The number of aliphatic imine (C=N–C) groups is 2. The highest BCUT2D eigenvalue weighted by Gasteiger charge is 2.40. The summed E-state index contributed by atoms with van der Waals surface area (Å²) in [7, 11) is 3.14. The van der Waals surface area contributed by atoms with Crippen LogP contribution in [0.4, 0.5) is 5.69 Å². The van der Waals surface area contributed by atoms with Gasteiger partial charge in [-0.25, -0.2) is 0 Å². The minimum atomic E-state index is -0.374. The third-order valence-corrected chi connectivity index (χ3v) is 8.04. The molecule has 39 heavy (non-hydrogen) atoms. The van der Waals surface area contributed by atoms with Gasteiger partial charge in [0.1, 0.15) is 0 Å². The number of methoxy groups -OCH3 is 2. The lowest BCUT2D eigenvalue weighted by Gasteiger charge is -2.27. The van der Waals surface area contributed by atoms with Crippen LogP contribution in [0, 0.1) is 5.92 Å². The minimum absolute atomic E-state index is 0.0200. The second-order valence-electron chi connectivity index (χ2n) is 10.4. The van der Waals surface area contributed by atoms with Crippen LogP contribution < -0.4 is 9.47 Å². The van der Waals surface area contributed by atoms with Crippen LogP contribution in [0.1, 0.15) is 42.5 Å². The highest BCUT2D eigenvalue weighted by molar-refractivity contribution is 6.03. The van der Waals surface area contributed by atoms with E-state index in [0.29, 0.717) is 53.9 Å². The van der Waals surface area contributed by atoms with Crippen molar-refractivity contribution >= 4 is 29.9 Å². The maximum absolute atomic E-state index is 13.1. The first kappa shape index (κ1) is 25.5. The first-order chi connectivity index (χ1) is 19.1. The number of carbonyl (C=O) groups excluding carboxylic acids is 2. The van der Waals surface area contributed by atoms with Gasteiger partial charge >= 0.3 is 0 Å². The van der Waals surface area contributed by atoms with Crippen molar-refractivity contribution in [3.8, 4) is 11.5 Å². The molecule has 2 unspecified atom stereocenters. The first-order valence-corrected chi connectivity index (χ1v) is 13.7. The molecule has 0 radical (unpaired) electrons. The van der Waals surface area contributed by atoms with E-state index in [9.17, 15) is 9.59 Å². The Morgan fingerprint density at radius 3 is 2.44 bits per heavy atom. The molecule has 1 aromatic carbocycles. The fourth-order valence-corrected chi connectivity index (χ4v) is 5.98. The Bertz CT molecular complexity index is 1270. The molecule has 0 aromatic heterocycles. The Morgan fingerprint density at radius 2 is 1.64 bits per heavy atom. The van der Waals surface area contributed by atoms with Crippen molar-refractivity contribution in [2.75, 3.05) is 40.5 Å². The van der Waals surface area contributed by atoms with Crippen molar-refractivity contribution in [3.63, 3.8) is 0 Å². The van der Waals surface area contributed by atoms with Crippen LogP contribution >= 0.6 is 0 Å². The molecule has 4 aliphatic heterocycles. The van der Waals surface area contributed by atoms with Gasteiger partial charge < -0.3 is 28.7 Å². The van der Waals surface area contributed by atoms with Crippen LogP contribution in [-0.2, 0) is 14.3 Å². The van der Waals surface area contributed by atoms with Gasteiger partial charge in [-0.15, -0.1) is 0 Å². The summed E-state index contributed by atoms with van der Waals surface area (Å²) in [6.45, 7) is 2.28. The van der Waals surface area contributed by atoms with E-state index in [4.69, 9.17) is 23.9 Å². The standard InChI is InChI=1S/C29H34N4O6/c1-36-24-12-20-22(30-16-18-6-3-8-32(18)28(20)34)14-26(24)38-10-5-11-39-27-15-23-21(13-25(27)37-2)29(35)33-9-4-7-19(33)17-31-23/h12-20,22H,3-11H2,1-2H3/t18-,19-,20?,22?/m0/s1. The van der Waals surface area contributed by atoms with Gasteiger partial charge in [-0.3, -0.25) is 19.6 Å². The van der Waals surface area contributed by atoms with Crippen LogP contribution in [-0.4, -0.2) is 92.7 Å². The summed E-state index contributed by atoms with van der Waals surface area (Å²) in [5.74, 6) is 1.87. The van der Waals surface area contributed by atoms with E-state index in [1.54, 1.807) is 26.4 Å². The number of hydrogen-bond acceptors (Lipinski definition) is 8. The number of fused-ring (bicyclic) bond motifs is 4. The molecule has 1 aliphatic carbocycles. The lowest BCUT2D eigenvalue weighted by Crippen LogP contribution is -2.41. The molecule has 0 saturated carbocycles. The summed E-state index contributed by atoms with van der Waals surface area (Å²) in [4.78, 5) is 39.3. The van der Waals surface area contributed by atoms with Gasteiger partial charge in [-0.05, 0) is 43.9 Å². The second-order valence-corrected chi connectivity index (χ2v) is 10.4. The number of rotatable bonds is 8. The molecule has 5 aliphatic rings. The van der Waals surface area contributed by atoms with Crippen molar-refractivity contribution in [2.24, 2.45) is 15.9 Å². The highest BCUT2D eigenvalue weighted by atomic mass is 16.5. The zero-order valence-electron chi connectivity index (χ0n) is 22.4. The summed E-state index contributed by atoms with van der Waals surface area (Å²) in [5, 5.41) is 0. The van der Waals surface area contributed by atoms with Gasteiger partial charge in [0.05, 0.1) is 62.7 Å². The minimum Gasteiger partial charge on any atom is -0.493 e.